The van der Waals surface area contributed by atoms with Gasteiger partial charge in [-0.05, 0) is 96.1 Å². The zero-order valence-corrected chi connectivity index (χ0v) is 27.0. The van der Waals surface area contributed by atoms with Gasteiger partial charge in [-0.1, -0.05) is 36.4 Å². The molecule has 8 rings (SSSR count). The minimum Gasteiger partial charge on any atom is -0.309 e. The van der Waals surface area contributed by atoms with Crippen molar-refractivity contribution in [1.82, 2.24) is 9.13 Å². The molecule has 0 radical (unpaired) electrons. The Hall–Kier alpha value is -5.92. The lowest BCUT2D eigenvalue weighted by atomic mass is 9.93. The van der Waals surface area contributed by atoms with Crippen LogP contribution in [0.1, 0.15) is 22.3 Å². The molecule has 0 unspecified atom stereocenters. The van der Waals surface area contributed by atoms with E-state index in [-0.39, 0.29) is 44.2 Å². The van der Waals surface area contributed by atoms with E-state index in [1.165, 1.54) is 33.4 Å². The first kappa shape index (κ1) is 35.1. The molecule has 8 aromatic rings. The Morgan fingerprint density at radius 1 is 0.315 bits per heavy atom. The predicted octanol–water partition coefficient (Wildman–Crippen LogP) is 13.6. The van der Waals surface area contributed by atoms with Gasteiger partial charge in [-0.2, -0.15) is 52.7 Å². The van der Waals surface area contributed by atoms with Crippen LogP contribution >= 0.6 is 0 Å². The third-order valence-electron chi connectivity index (χ3n) is 9.42. The minimum atomic E-state index is -5.17. The van der Waals surface area contributed by atoms with Crippen LogP contribution in [0.2, 0.25) is 0 Å². The van der Waals surface area contributed by atoms with E-state index in [0.29, 0.717) is 22.9 Å². The topological polar surface area (TPSA) is 9.86 Å². The molecule has 54 heavy (non-hydrogen) atoms. The summed E-state index contributed by atoms with van der Waals surface area (Å²) in [4.78, 5) is 0. The van der Waals surface area contributed by atoms with Gasteiger partial charge in [0.15, 0.2) is 0 Å². The second-order valence-corrected chi connectivity index (χ2v) is 12.6. The lowest BCUT2D eigenvalue weighted by Gasteiger charge is -2.21. The van der Waals surface area contributed by atoms with E-state index in [2.05, 4.69) is 0 Å². The van der Waals surface area contributed by atoms with Gasteiger partial charge in [-0.15, -0.1) is 0 Å². The van der Waals surface area contributed by atoms with Gasteiger partial charge >= 0.3 is 24.7 Å². The highest BCUT2D eigenvalue weighted by Crippen LogP contribution is 2.46. The number of hydrogen-bond acceptors (Lipinski definition) is 0. The first-order valence-corrected chi connectivity index (χ1v) is 16.0. The molecule has 0 bridgehead atoms. The maximum Gasteiger partial charge on any atom is 0.417 e. The lowest BCUT2D eigenvalue weighted by Crippen LogP contribution is -2.12. The van der Waals surface area contributed by atoms with Crippen molar-refractivity contribution in [2.75, 3.05) is 0 Å². The van der Waals surface area contributed by atoms with Crippen molar-refractivity contribution >= 4 is 43.6 Å². The van der Waals surface area contributed by atoms with E-state index in [0.717, 1.165) is 60.7 Å². The van der Waals surface area contributed by atoms with E-state index in [1.54, 1.807) is 24.3 Å². The van der Waals surface area contributed by atoms with Crippen LogP contribution in [-0.2, 0) is 24.7 Å². The van der Waals surface area contributed by atoms with Crippen molar-refractivity contribution in [3.05, 3.63) is 144 Å². The third kappa shape index (κ3) is 5.71. The van der Waals surface area contributed by atoms with Crippen LogP contribution < -0.4 is 0 Å². The Labute approximate surface area is 296 Å². The predicted molar refractivity (Wildman–Crippen MR) is 181 cm³/mol. The Bertz CT molecular complexity index is 2590. The normalized spacial score (nSPS) is 13.2. The highest BCUT2D eigenvalue weighted by molar-refractivity contribution is 6.10. The van der Waals surface area contributed by atoms with Crippen molar-refractivity contribution in [2.24, 2.45) is 0 Å². The SMILES string of the molecule is FC(F)(F)c1ccc2c(c1)c1ccccc1n2-c1ccc(C(F)(F)F)c(-c2cc(-n3c4ccccc4c4cc(C(F)(F)F)ccc43)ccc2C(F)(F)F)c1. The lowest BCUT2D eigenvalue weighted by molar-refractivity contribution is -0.139. The first-order valence-electron chi connectivity index (χ1n) is 16.0. The number of alkyl halides is 12. The molecule has 2 nitrogen and oxygen atoms in total. The number of halogens is 12. The zero-order valence-electron chi connectivity index (χ0n) is 27.0. The second kappa shape index (κ2) is 11.8. The number of para-hydroxylation sites is 2. The third-order valence-corrected chi connectivity index (χ3v) is 9.42. The summed E-state index contributed by atoms with van der Waals surface area (Å²) in [6.07, 6.45) is -19.8. The average molecular weight is 757 g/mol. The summed E-state index contributed by atoms with van der Waals surface area (Å²) in [6, 6.07) is 23.1. The van der Waals surface area contributed by atoms with Gasteiger partial charge in [0, 0.05) is 32.9 Å². The number of fused-ring (bicyclic) bond motifs is 6. The van der Waals surface area contributed by atoms with Crippen LogP contribution in [0, 0.1) is 0 Å². The molecule has 0 aliphatic carbocycles. The molecule has 2 heterocycles. The van der Waals surface area contributed by atoms with Gasteiger partial charge in [0.05, 0.1) is 44.3 Å². The Morgan fingerprint density at radius 3 is 1.02 bits per heavy atom. The molecule has 0 atom stereocenters. The summed E-state index contributed by atoms with van der Waals surface area (Å²) in [5, 5.41) is 0.857. The Morgan fingerprint density at radius 2 is 0.667 bits per heavy atom. The van der Waals surface area contributed by atoms with Crippen molar-refractivity contribution in [1.29, 1.82) is 0 Å². The molecule has 0 saturated carbocycles. The van der Waals surface area contributed by atoms with Crippen molar-refractivity contribution < 1.29 is 52.7 Å². The molecule has 6 aromatic carbocycles. The molecule has 0 aliphatic rings. The molecule has 2 aromatic heterocycles. The van der Waals surface area contributed by atoms with Gasteiger partial charge in [-0.3, -0.25) is 0 Å². The number of hydrogen-bond donors (Lipinski definition) is 0. The molecule has 0 saturated heterocycles. The molecule has 14 heteroatoms. The maximum absolute atomic E-state index is 14.7. The monoisotopic (exact) mass is 756 g/mol. The van der Waals surface area contributed by atoms with Gasteiger partial charge in [-0.25, -0.2) is 0 Å². The van der Waals surface area contributed by atoms with Crippen molar-refractivity contribution in [3.63, 3.8) is 0 Å². The van der Waals surface area contributed by atoms with Crippen LogP contribution in [-0.4, -0.2) is 9.13 Å². The standard InChI is InChI=1S/C40H20F12N2/c41-37(42,43)21-9-15-35-29(17-21)25-5-1-3-7-33(25)53(35)23-11-13-31(39(47,48)49)27(19-23)28-20-24(12-14-32(28)40(50,51)52)54-34-8-4-2-6-26(34)30-18-22(38(44,45)46)10-16-36(30)54/h1-20H. The minimum absolute atomic E-state index is 0.0703. The van der Waals surface area contributed by atoms with Gasteiger partial charge < -0.3 is 9.13 Å². The van der Waals surface area contributed by atoms with E-state index in [1.807, 2.05) is 0 Å². The number of nitrogens with zero attached hydrogens (tertiary/aromatic N) is 2. The molecule has 0 N–H and O–H groups in total. The van der Waals surface area contributed by atoms with Crippen molar-refractivity contribution in [3.8, 4) is 22.5 Å². The quantitative estimate of drug-likeness (QED) is 0.159. The smallest absolute Gasteiger partial charge is 0.309 e. The van der Waals surface area contributed by atoms with E-state index < -0.39 is 58.1 Å². The fourth-order valence-corrected chi connectivity index (χ4v) is 7.14. The van der Waals surface area contributed by atoms with E-state index >= 15 is 0 Å². The summed E-state index contributed by atoms with van der Waals surface area (Å²) in [5.41, 5.74) is -5.83. The van der Waals surface area contributed by atoms with Gasteiger partial charge in [0.2, 0.25) is 0 Å². The Balaban J connectivity index is 1.42. The fourth-order valence-electron chi connectivity index (χ4n) is 7.14. The van der Waals surface area contributed by atoms with E-state index in [4.69, 9.17) is 0 Å². The van der Waals surface area contributed by atoms with Gasteiger partial charge in [0.1, 0.15) is 0 Å². The number of aromatic nitrogens is 2. The molecule has 0 fully saturated rings. The van der Waals surface area contributed by atoms with Crippen molar-refractivity contribution in [2.45, 2.75) is 24.7 Å². The summed E-state index contributed by atoms with van der Waals surface area (Å²) >= 11 is 0. The fraction of sp³-hybridized carbons (Fsp3) is 0.100. The molecule has 0 amide bonds. The summed E-state index contributed by atoms with van der Waals surface area (Å²) in [7, 11) is 0. The molecule has 0 spiro atoms. The molecule has 274 valence electrons. The number of benzene rings is 6. The maximum atomic E-state index is 14.7. The van der Waals surface area contributed by atoms with Gasteiger partial charge in [0.25, 0.3) is 0 Å². The second-order valence-electron chi connectivity index (χ2n) is 12.6. The first-order chi connectivity index (χ1) is 25.3. The summed E-state index contributed by atoms with van der Waals surface area (Å²) in [6.45, 7) is 0. The highest BCUT2D eigenvalue weighted by Gasteiger charge is 2.39. The zero-order chi connectivity index (χ0) is 38.5. The molecular formula is C40H20F12N2. The number of rotatable bonds is 3. The van der Waals surface area contributed by atoms with Crippen LogP contribution in [0.15, 0.2) is 121 Å². The van der Waals surface area contributed by atoms with Crippen LogP contribution in [0.4, 0.5) is 52.7 Å². The summed E-state index contributed by atoms with van der Waals surface area (Å²) in [5.74, 6) is 0. The molecule has 0 aliphatic heterocycles. The van der Waals surface area contributed by atoms with Crippen LogP contribution in [0.25, 0.3) is 66.1 Å². The van der Waals surface area contributed by atoms with Crippen LogP contribution in [0.5, 0.6) is 0 Å². The average Bonchev–Trinajstić information content (AvgIpc) is 3.62. The highest BCUT2D eigenvalue weighted by atomic mass is 19.4. The van der Waals surface area contributed by atoms with Crippen LogP contribution in [0.3, 0.4) is 0 Å². The summed E-state index contributed by atoms with van der Waals surface area (Å²) < 4.78 is 173. The largest absolute Gasteiger partial charge is 0.417 e. The molecular weight excluding hydrogens is 736 g/mol. The van der Waals surface area contributed by atoms with E-state index in [9.17, 15) is 52.7 Å². The Kier molecular flexibility index (Phi) is 7.67.